The van der Waals surface area contributed by atoms with Gasteiger partial charge in [-0.15, -0.1) is 0 Å². The molecule has 828 valence electrons. The third-order valence-corrected chi connectivity index (χ3v) is 33.3. The molecular formula is C104H181F33. The fourth-order valence-corrected chi connectivity index (χ4v) is 18.5. The molecule has 0 aromatic carbocycles. The van der Waals surface area contributed by atoms with Gasteiger partial charge in [0.2, 0.25) is 0 Å². The molecule has 137 heavy (non-hydrogen) atoms. The van der Waals surface area contributed by atoms with Crippen LogP contribution in [-0.4, -0.2) is 67.9 Å². The minimum absolute atomic E-state index is 0.00130. The van der Waals surface area contributed by atoms with Crippen molar-refractivity contribution in [1.82, 2.24) is 0 Å². The summed E-state index contributed by atoms with van der Waals surface area (Å²) in [7, 11) is 0. The highest BCUT2D eigenvalue weighted by Crippen LogP contribution is 2.66. The van der Waals surface area contributed by atoms with Gasteiger partial charge in [-0.05, 0) is 250 Å². The minimum Gasteiger partial charge on any atom is -0.171 e. The average molecular weight is 2060 g/mol. The molecule has 1 spiro atoms. The van der Waals surface area contributed by atoms with Crippen LogP contribution in [0.3, 0.4) is 0 Å². The Balaban J connectivity index is -0.00000145. The standard InChI is InChI=1S/C14H20F6.C11H21F3.C10H18.3C9H12F6.2C8H13F3.C8H18.C7H16.C6H14.C5H12/c1-10-2-4-11(5-3-10)6-8-12(9-7-11,13(15,16)17)14(18,19)20;1-8(2,3)9(4,5)10(6,7)11(12,13)14;1-8-7-9-3-5-10(8,2)6-4-9;1-6-2-4-7(5-3-6,8(10,11)12)9(13,14)15;1-6-4-2-3-5-7(6,8(10,11)12)9(13,14)15;1-5-6(8(10,11)12)3-2-4-7(5)9(13,14)15;1-6-2-4-7(5-3-6)8(9,10)11;1-6-3-2-4-7(5-6)8(9,10)11;1-6-7(2)8(3,4)5;1-6(2)7(3,4)5;1-5-6(2,3)4;1-5(2,3)4/h10H,2-9H2,1H3;1-7H3;8-9H,3-7H2,1-2H3;2*6H,2-5H2,1H3;5-7H,2-4H2,1H3;2*6-7H,2-5H2,1H3;7H,6H2,1-5H3;6H,1-5H3;5H2,1-4H3;1-4H3/t;;8-,9?,10?;;6-;;;6-,7?;;;;/m..0.1..1..../s1. The summed E-state index contributed by atoms with van der Waals surface area (Å²) in [6, 6.07) is 0. The highest BCUT2D eigenvalue weighted by molar-refractivity contribution is 5.04. The van der Waals surface area contributed by atoms with Gasteiger partial charge in [0, 0.05) is 0 Å². The number of hydrogen-bond donors (Lipinski definition) is 0. The molecule has 0 N–H and O–H groups in total. The minimum atomic E-state index is -5.20. The Morgan fingerprint density at radius 3 is 0.839 bits per heavy atom. The Hall–Kier alpha value is -2.31. The molecule has 33 heteroatoms. The van der Waals surface area contributed by atoms with Crippen molar-refractivity contribution in [2.45, 2.75) is 515 Å². The maximum Gasteiger partial charge on any atom is 0.403 e. The molecule has 0 aromatic heterocycles. The lowest BCUT2D eigenvalue weighted by Gasteiger charge is -2.51. The van der Waals surface area contributed by atoms with E-state index in [9.17, 15) is 145 Å². The van der Waals surface area contributed by atoms with Crippen LogP contribution in [0.15, 0.2) is 0 Å². The van der Waals surface area contributed by atoms with E-state index in [1.807, 2.05) is 34.6 Å². The van der Waals surface area contributed by atoms with E-state index in [0.29, 0.717) is 65.6 Å². The Labute approximate surface area is 804 Å². The molecule has 10 aliphatic rings. The van der Waals surface area contributed by atoms with E-state index in [1.165, 1.54) is 58.8 Å². The highest BCUT2D eigenvalue weighted by Gasteiger charge is 2.74. The molecular weight excluding hydrogens is 1880 g/mol. The molecule has 0 heterocycles. The Morgan fingerprint density at radius 1 is 0.292 bits per heavy atom. The normalized spacial score (nSPS) is 27.0. The number of hydrogen-bond acceptors (Lipinski definition) is 0. The van der Waals surface area contributed by atoms with Gasteiger partial charge in [0.15, 0.2) is 16.2 Å². The van der Waals surface area contributed by atoms with Crippen molar-refractivity contribution < 1.29 is 145 Å². The van der Waals surface area contributed by atoms with Gasteiger partial charge in [0.05, 0.1) is 29.1 Å². The lowest BCUT2D eigenvalue weighted by molar-refractivity contribution is -0.364. The predicted octanol–water partition coefficient (Wildman–Crippen LogP) is 43.5. The van der Waals surface area contributed by atoms with E-state index in [1.54, 1.807) is 20.8 Å². The fourth-order valence-electron chi connectivity index (χ4n) is 18.5. The molecule has 0 nitrogen and oxygen atoms in total. The van der Waals surface area contributed by atoms with Crippen LogP contribution in [0.25, 0.3) is 0 Å². The average Bonchev–Trinajstić information content (AvgIpc) is 0.703. The first kappa shape index (κ1) is 139. The summed E-state index contributed by atoms with van der Waals surface area (Å²) < 4.78 is 414. The van der Waals surface area contributed by atoms with Crippen molar-refractivity contribution >= 4 is 0 Å². The number of rotatable bonds is 2. The molecule has 2 bridgehead atoms. The van der Waals surface area contributed by atoms with Gasteiger partial charge in [0.25, 0.3) is 0 Å². The Kier molecular flexibility index (Phi) is 53.2. The van der Waals surface area contributed by atoms with Crippen LogP contribution >= 0.6 is 0 Å². The van der Waals surface area contributed by atoms with E-state index in [4.69, 9.17) is 0 Å². The van der Waals surface area contributed by atoms with Gasteiger partial charge < -0.3 is 0 Å². The van der Waals surface area contributed by atoms with Crippen molar-refractivity contribution in [3.8, 4) is 0 Å². The van der Waals surface area contributed by atoms with Gasteiger partial charge in [0.1, 0.15) is 0 Å². The zero-order valence-corrected chi connectivity index (χ0v) is 89.1. The van der Waals surface area contributed by atoms with Crippen LogP contribution in [-0.2, 0) is 0 Å². The molecule has 10 fully saturated rings. The van der Waals surface area contributed by atoms with E-state index in [-0.39, 0.29) is 80.5 Å². The summed E-state index contributed by atoms with van der Waals surface area (Å²) in [5.74, 6) is -3.39. The zero-order chi connectivity index (χ0) is 110. The molecule has 10 rings (SSSR count). The first-order valence-electron chi connectivity index (χ1n) is 50.1. The Morgan fingerprint density at radius 2 is 0.620 bits per heavy atom. The molecule has 0 aliphatic heterocycles. The van der Waals surface area contributed by atoms with Crippen molar-refractivity contribution in [1.29, 1.82) is 0 Å². The van der Waals surface area contributed by atoms with Crippen LogP contribution < -0.4 is 0 Å². The second kappa shape index (κ2) is 52.5. The third kappa shape index (κ3) is 44.7. The van der Waals surface area contributed by atoms with Crippen LogP contribution in [0.5, 0.6) is 0 Å². The monoisotopic (exact) mass is 2060 g/mol. The molecule has 4 unspecified atom stereocenters. The van der Waals surface area contributed by atoms with Gasteiger partial charge in [-0.1, -0.05) is 299 Å². The first-order valence-corrected chi connectivity index (χ1v) is 50.1. The predicted molar refractivity (Wildman–Crippen MR) is 489 cm³/mol. The van der Waals surface area contributed by atoms with Crippen molar-refractivity contribution in [2.24, 2.45) is 148 Å². The summed E-state index contributed by atoms with van der Waals surface area (Å²) in [4.78, 5) is 0. The maximum atomic E-state index is 13.0. The van der Waals surface area contributed by atoms with E-state index in [0.717, 1.165) is 94.3 Å². The second-order valence-corrected chi connectivity index (χ2v) is 50.1. The lowest BCUT2D eigenvalue weighted by atomic mass is 9.55. The third-order valence-electron chi connectivity index (χ3n) is 33.3. The topological polar surface area (TPSA) is 0 Å². The highest BCUT2D eigenvalue weighted by atomic mass is 19.5. The number of fused-ring (bicyclic) bond motifs is 3. The number of alkyl halides is 33. The van der Waals surface area contributed by atoms with Crippen LogP contribution in [0, 0.1) is 148 Å². The second-order valence-electron chi connectivity index (χ2n) is 50.1. The van der Waals surface area contributed by atoms with Gasteiger partial charge >= 0.3 is 67.9 Å². The lowest BCUT2D eigenvalue weighted by Crippen LogP contribution is -2.55. The molecule has 7 atom stereocenters. The molecule has 0 amide bonds. The first-order chi connectivity index (χ1) is 60.3. The summed E-state index contributed by atoms with van der Waals surface area (Å²) in [5, 5.41) is 0. The molecule has 0 radical (unpaired) electrons. The molecule has 10 aliphatic carbocycles. The maximum absolute atomic E-state index is 13.0. The van der Waals surface area contributed by atoms with Gasteiger partial charge in [-0.2, -0.15) is 145 Å². The van der Waals surface area contributed by atoms with E-state index < -0.39 is 163 Å². The van der Waals surface area contributed by atoms with Crippen molar-refractivity contribution in [3.63, 3.8) is 0 Å². The van der Waals surface area contributed by atoms with E-state index >= 15 is 0 Å². The largest absolute Gasteiger partial charge is 0.403 e. The summed E-state index contributed by atoms with van der Waals surface area (Å²) in [5.41, 5.74) is -10.8. The molecule has 0 aromatic rings. The zero-order valence-electron chi connectivity index (χ0n) is 89.1. The van der Waals surface area contributed by atoms with Crippen molar-refractivity contribution in [2.75, 3.05) is 0 Å². The van der Waals surface area contributed by atoms with Crippen molar-refractivity contribution in [3.05, 3.63) is 0 Å². The summed E-state index contributed by atoms with van der Waals surface area (Å²) in [6.07, 6.45) is -38.1. The van der Waals surface area contributed by atoms with Crippen LogP contribution in [0.4, 0.5) is 145 Å². The quantitative estimate of drug-likeness (QED) is 0.242. The smallest absolute Gasteiger partial charge is 0.171 e. The SMILES string of the molecule is CC(C)(C)C.CC(C)(C)C(C)(C)C(C)(C)C(F)(F)F.CC(C)C(C)(C)C.CC1C(C(F)(F)F)CCCC1C(F)(F)F.CC1CCC(C(F)(F)F)(C(F)(F)F)CC1.CC1CCC(C(F)(F)F)CC1.CC1CCC2(CC1)CCC(C(F)(F)F)(C(F)(F)F)CC2.CCC(C)(C)C.CCC(C)C(C)(C)C.C[C@@H]1CCCC(C(F)(F)F)C1.C[C@@H]1CCCCC1(C(F)(F)F)C(F)(F)F.C[C@H]1CC2CCC1(C)CC2. The van der Waals surface area contributed by atoms with E-state index in [2.05, 4.69) is 145 Å². The van der Waals surface area contributed by atoms with Crippen LogP contribution in [0.2, 0.25) is 0 Å². The fraction of sp³-hybridized carbons (Fsp3) is 1.00. The summed E-state index contributed by atoms with van der Waals surface area (Å²) >= 11 is 0. The summed E-state index contributed by atoms with van der Waals surface area (Å²) in [6.45, 7) is 66.6. The number of halogens is 33. The molecule has 10 saturated carbocycles. The Bertz CT molecular complexity index is 3110. The van der Waals surface area contributed by atoms with Gasteiger partial charge in [-0.25, -0.2) is 0 Å². The van der Waals surface area contributed by atoms with Crippen LogP contribution in [0.1, 0.15) is 447 Å². The molecule has 0 saturated heterocycles. The van der Waals surface area contributed by atoms with Gasteiger partial charge in [-0.3, -0.25) is 0 Å².